The van der Waals surface area contributed by atoms with Gasteiger partial charge in [0.25, 0.3) is 0 Å². The summed E-state index contributed by atoms with van der Waals surface area (Å²) in [5.41, 5.74) is 5.86. The molecule has 2 rings (SSSR count). The summed E-state index contributed by atoms with van der Waals surface area (Å²) in [6, 6.07) is 20.4. The zero-order chi connectivity index (χ0) is 11.4. The van der Waals surface area contributed by atoms with E-state index in [1.807, 2.05) is 36.4 Å². The first kappa shape index (κ1) is 14.3. The Bertz CT molecular complexity index is 434. The maximum absolute atomic E-state index is 5.86. The van der Waals surface area contributed by atoms with Crippen LogP contribution in [0.25, 0.3) is 0 Å². The van der Waals surface area contributed by atoms with Crippen molar-refractivity contribution >= 4 is 27.4 Å². The van der Waals surface area contributed by atoms with Crippen molar-refractivity contribution in [2.45, 2.75) is 9.79 Å². The van der Waals surface area contributed by atoms with Crippen LogP contribution in [0.4, 0.5) is 0 Å². The van der Waals surface area contributed by atoms with Crippen LogP contribution in [-0.2, 0) is 17.1 Å². The first-order valence-corrected chi connectivity index (χ1v) is 6.73. The van der Waals surface area contributed by atoms with Gasteiger partial charge in [0, 0.05) is 17.1 Å². The second-order valence-corrected chi connectivity index (χ2v) is 6.27. The van der Waals surface area contributed by atoms with Crippen LogP contribution in [0.15, 0.2) is 70.5 Å². The minimum absolute atomic E-state index is 0. The molecule has 0 bridgehead atoms. The van der Waals surface area contributed by atoms with Gasteiger partial charge < -0.3 is 5.73 Å². The third-order valence-electron chi connectivity index (χ3n) is 2.25. The summed E-state index contributed by atoms with van der Waals surface area (Å²) in [5.74, 6) is 0. The fourth-order valence-electron chi connectivity index (χ4n) is 1.56. The molecule has 0 saturated heterocycles. The molecule has 0 aromatic heterocycles. The molecule has 0 heterocycles. The van der Waals surface area contributed by atoms with Gasteiger partial charge in [-0.15, -0.1) is 10.9 Å². The van der Waals surface area contributed by atoms with E-state index >= 15 is 0 Å². The second kappa shape index (κ2) is 6.82. The Labute approximate surface area is 120 Å². The molecule has 1 nitrogen and oxygen atoms in total. The molecule has 2 aromatic rings. The summed E-state index contributed by atoms with van der Waals surface area (Å²) in [6.07, 6.45) is 0. The number of thiocarbonyl (C=S) groups is 1. The molecule has 89 valence electrons. The summed E-state index contributed by atoms with van der Waals surface area (Å²) in [4.78, 5) is 2.41. The second-order valence-electron chi connectivity index (χ2n) is 3.34. The van der Waals surface area contributed by atoms with Crippen LogP contribution in [0.5, 0.6) is 0 Å². The summed E-state index contributed by atoms with van der Waals surface area (Å²) < 4.78 is 0.576. The van der Waals surface area contributed by atoms with E-state index in [1.54, 1.807) is 0 Å². The van der Waals surface area contributed by atoms with E-state index < -0.39 is 10.9 Å². The average Bonchev–Trinajstić information content (AvgIpc) is 2.31. The number of nitrogens with two attached hydrogens (primary N) is 1. The van der Waals surface area contributed by atoms with Gasteiger partial charge in [0.2, 0.25) is 0 Å². The van der Waals surface area contributed by atoms with Gasteiger partial charge in [-0.25, -0.2) is 0 Å². The Balaban J connectivity index is 0.00000144. The molecule has 4 heteroatoms. The Kier molecular flexibility index (Phi) is 5.72. The van der Waals surface area contributed by atoms with Gasteiger partial charge in [-0.1, -0.05) is 48.6 Å². The molecule has 17 heavy (non-hydrogen) atoms. The van der Waals surface area contributed by atoms with Crippen molar-refractivity contribution in [2.75, 3.05) is 0 Å². The Morgan fingerprint density at radius 3 is 1.47 bits per heavy atom. The molecule has 0 unspecified atom stereocenters. The van der Waals surface area contributed by atoms with Gasteiger partial charge >= 0.3 is 0 Å². The molecule has 0 aliphatic carbocycles. The summed E-state index contributed by atoms with van der Waals surface area (Å²) in [6.45, 7) is 0. The van der Waals surface area contributed by atoms with Gasteiger partial charge in [-0.3, -0.25) is 0 Å². The number of hydrogen-bond donors (Lipinski definition) is 2. The van der Waals surface area contributed by atoms with Gasteiger partial charge in [-0.05, 0) is 34.1 Å². The number of benzene rings is 2. The van der Waals surface area contributed by atoms with E-state index in [4.69, 9.17) is 18.0 Å². The minimum Gasteiger partial charge on any atom is -0.386 e. The maximum Gasteiger partial charge on any atom is 0.119 e. The van der Waals surface area contributed by atoms with Crippen molar-refractivity contribution in [3.05, 3.63) is 60.7 Å². The van der Waals surface area contributed by atoms with Crippen LogP contribution in [0, 0.1) is 0 Å². The summed E-state index contributed by atoms with van der Waals surface area (Å²) >= 11 is 5.19. The normalized spacial score (nSPS) is 10.2. The van der Waals surface area contributed by atoms with Crippen LogP contribution in [0.2, 0.25) is 0 Å². The van der Waals surface area contributed by atoms with Crippen LogP contribution in [0.3, 0.4) is 0 Å². The molecule has 2 N–H and O–H groups in total. The third-order valence-corrected chi connectivity index (χ3v) is 4.87. The molecule has 0 fully saturated rings. The van der Waals surface area contributed by atoms with E-state index in [2.05, 4.69) is 24.3 Å². The zero-order valence-corrected chi connectivity index (χ0v) is 12.0. The van der Waals surface area contributed by atoms with Crippen molar-refractivity contribution in [2.24, 2.45) is 5.73 Å². The Morgan fingerprint density at radius 2 is 1.18 bits per heavy atom. The van der Waals surface area contributed by atoms with Crippen molar-refractivity contribution in [3.8, 4) is 0 Å². The Morgan fingerprint density at radius 1 is 0.824 bits per heavy atom. The van der Waals surface area contributed by atoms with E-state index in [9.17, 15) is 0 Å². The fourth-order valence-corrected chi connectivity index (χ4v) is 3.94. The molecule has 1 radical (unpaired) electrons. The smallest absolute Gasteiger partial charge is 0.119 e. The van der Waals surface area contributed by atoms with E-state index in [1.165, 1.54) is 9.79 Å². The average molecular weight is 302 g/mol. The quantitative estimate of drug-likeness (QED) is 0.505. The molecule has 0 amide bonds. The molecule has 0 aliphatic heterocycles. The maximum atomic E-state index is 5.86. The van der Waals surface area contributed by atoms with Crippen molar-refractivity contribution in [1.29, 1.82) is 0 Å². The van der Waals surface area contributed by atoms with Crippen molar-refractivity contribution in [3.63, 3.8) is 0 Å². The number of rotatable bonds is 2. The fraction of sp³-hybridized carbons (Fsp3) is 0. The number of thiol groups is 1. The van der Waals surface area contributed by atoms with E-state index in [0.717, 1.165) is 0 Å². The van der Waals surface area contributed by atoms with Crippen LogP contribution in [0.1, 0.15) is 0 Å². The SMILES string of the molecule is NC(=S)[SH](c1ccccc1)c1ccccc1.[Mn]. The van der Waals surface area contributed by atoms with Crippen molar-refractivity contribution in [1.82, 2.24) is 0 Å². The van der Waals surface area contributed by atoms with Crippen LogP contribution in [-0.4, -0.2) is 4.32 Å². The zero-order valence-electron chi connectivity index (χ0n) is 9.08. The van der Waals surface area contributed by atoms with E-state index in [-0.39, 0.29) is 17.1 Å². The monoisotopic (exact) mass is 302 g/mol. The van der Waals surface area contributed by atoms with Crippen LogP contribution >= 0.6 is 23.1 Å². The largest absolute Gasteiger partial charge is 0.386 e. The standard InChI is InChI=1S/C13H13NS2.Mn/c14-13(15)16(11-7-3-1-4-8-11)12-9-5-2-6-10-12;/h1-10,16H,(H2,14,15);. The molecule has 0 atom stereocenters. The molecular weight excluding hydrogens is 289 g/mol. The van der Waals surface area contributed by atoms with Crippen molar-refractivity contribution < 1.29 is 17.1 Å². The molecular formula is C13H13MnNS2. The topological polar surface area (TPSA) is 26.0 Å². The third kappa shape index (κ3) is 3.58. The number of hydrogen-bond acceptors (Lipinski definition) is 1. The molecule has 0 saturated carbocycles. The molecule has 2 aromatic carbocycles. The van der Waals surface area contributed by atoms with Crippen LogP contribution < -0.4 is 5.73 Å². The van der Waals surface area contributed by atoms with Gasteiger partial charge in [0.05, 0.1) is 0 Å². The Hall–Kier alpha value is -0.801. The predicted octanol–water partition coefficient (Wildman–Crippen LogP) is 3.35. The van der Waals surface area contributed by atoms with Gasteiger partial charge in [-0.2, -0.15) is 0 Å². The first-order valence-electron chi connectivity index (χ1n) is 4.98. The van der Waals surface area contributed by atoms with E-state index in [0.29, 0.717) is 4.32 Å². The molecule has 0 aliphatic rings. The summed E-state index contributed by atoms with van der Waals surface area (Å²) in [5, 5.41) is 0. The molecule has 0 spiro atoms. The summed E-state index contributed by atoms with van der Waals surface area (Å²) in [7, 11) is -0.701. The predicted molar refractivity (Wildman–Crippen MR) is 75.2 cm³/mol. The van der Waals surface area contributed by atoms with Gasteiger partial charge in [0.15, 0.2) is 0 Å². The van der Waals surface area contributed by atoms with Gasteiger partial charge in [0.1, 0.15) is 4.32 Å². The first-order chi connectivity index (χ1) is 7.79. The minimum atomic E-state index is -0.701.